The molecule has 0 bridgehead atoms. The lowest BCUT2D eigenvalue weighted by molar-refractivity contribution is -0.131. The molecule has 2 aromatic carbocycles. The molecule has 0 radical (unpaired) electrons. The maximum absolute atomic E-state index is 12.1. The molecule has 0 saturated heterocycles. The minimum atomic E-state index is -0.376. The first-order valence-corrected chi connectivity index (χ1v) is 9.06. The first kappa shape index (κ1) is 17.9. The Labute approximate surface area is 155 Å². The van der Waals surface area contributed by atoms with Crippen LogP contribution in [-0.4, -0.2) is 38.5 Å². The molecule has 7 nitrogen and oxygen atoms in total. The average Bonchev–Trinajstić information content (AvgIpc) is 3.11. The van der Waals surface area contributed by atoms with Gasteiger partial charge in [-0.3, -0.25) is 4.79 Å². The van der Waals surface area contributed by atoms with Gasteiger partial charge in [0.15, 0.2) is 0 Å². The summed E-state index contributed by atoms with van der Waals surface area (Å²) in [6.45, 7) is 4.48. The van der Waals surface area contributed by atoms with Gasteiger partial charge >= 0.3 is 5.97 Å². The zero-order valence-electron chi connectivity index (χ0n) is 14.5. The lowest BCUT2D eigenvalue weighted by atomic mass is 10.2. The number of para-hydroxylation sites is 1. The molecule has 0 aliphatic rings. The first-order chi connectivity index (χ1) is 12.7. The second-order valence-corrected chi connectivity index (χ2v) is 6.27. The Hall–Kier alpha value is -2.87. The molecule has 1 heterocycles. The number of rotatable bonds is 7. The van der Waals surface area contributed by atoms with Crippen molar-refractivity contribution in [2.45, 2.75) is 19.0 Å². The molecule has 0 saturated carbocycles. The van der Waals surface area contributed by atoms with Crippen LogP contribution < -0.4 is 9.47 Å². The maximum Gasteiger partial charge on any atom is 0.321 e. The lowest BCUT2D eigenvalue weighted by Crippen LogP contribution is -2.11. The standard InChI is InChI=1S/C18H18N4O3S/c1-3-24-14-8-10-15(11-9-14)25-17(23)12-26-18-19-20-21-22(18)16-7-5-4-6-13(16)2/h4-11H,3,12H2,1-2H3. The SMILES string of the molecule is CCOc1ccc(OC(=O)CSc2nnnn2-c2ccccc2C)cc1. The number of nitrogens with zero attached hydrogens (tertiary/aromatic N) is 4. The van der Waals surface area contributed by atoms with Gasteiger partial charge in [-0.25, -0.2) is 0 Å². The van der Waals surface area contributed by atoms with Gasteiger partial charge in [-0.15, -0.1) is 5.10 Å². The fourth-order valence-electron chi connectivity index (χ4n) is 2.28. The summed E-state index contributed by atoms with van der Waals surface area (Å²) in [6.07, 6.45) is 0. The third-order valence-electron chi connectivity index (χ3n) is 3.47. The summed E-state index contributed by atoms with van der Waals surface area (Å²) < 4.78 is 12.3. The van der Waals surface area contributed by atoms with E-state index in [-0.39, 0.29) is 11.7 Å². The van der Waals surface area contributed by atoms with Gasteiger partial charge in [0.1, 0.15) is 11.5 Å². The van der Waals surface area contributed by atoms with E-state index in [1.54, 1.807) is 28.9 Å². The number of esters is 1. The smallest absolute Gasteiger partial charge is 0.321 e. The van der Waals surface area contributed by atoms with E-state index < -0.39 is 0 Å². The topological polar surface area (TPSA) is 79.1 Å². The van der Waals surface area contributed by atoms with Crippen LogP contribution in [0.3, 0.4) is 0 Å². The summed E-state index contributed by atoms with van der Waals surface area (Å²) in [5.41, 5.74) is 1.92. The predicted octanol–water partition coefficient (Wildman–Crippen LogP) is 3.07. The number of carbonyl (C=O) groups is 1. The van der Waals surface area contributed by atoms with Crippen molar-refractivity contribution < 1.29 is 14.3 Å². The monoisotopic (exact) mass is 370 g/mol. The Morgan fingerprint density at radius 3 is 2.58 bits per heavy atom. The second-order valence-electron chi connectivity index (χ2n) is 5.33. The molecule has 0 unspecified atom stereocenters. The molecular formula is C18H18N4O3S. The van der Waals surface area contributed by atoms with Crippen molar-refractivity contribution in [1.82, 2.24) is 20.2 Å². The molecular weight excluding hydrogens is 352 g/mol. The number of tetrazole rings is 1. The highest BCUT2D eigenvalue weighted by molar-refractivity contribution is 7.99. The largest absolute Gasteiger partial charge is 0.494 e. The van der Waals surface area contributed by atoms with Crippen LogP contribution in [0.4, 0.5) is 0 Å². The van der Waals surface area contributed by atoms with Crippen LogP contribution in [0.25, 0.3) is 5.69 Å². The molecule has 134 valence electrons. The molecule has 0 N–H and O–H groups in total. The second kappa shape index (κ2) is 8.48. The Bertz CT molecular complexity index is 880. The zero-order valence-corrected chi connectivity index (χ0v) is 15.3. The van der Waals surface area contributed by atoms with Gasteiger partial charge in [-0.1, -0.05) is 30.0 Å². The van der Waals surface area contributed by atoms with Crippen molar-refractivity contribution in [3.05, 3.63) is 54.1 Å². The van der Waals surface area contributed by atoms with Crippen molar-refractivity contribution in [2.75, 3.05) is 12.4 Å². The third-order valence-corrected chi connectivity index (χ3v) is 4.36. The normalized spacial score (nSPS) is 10.5. The van der Waals surface area contributed by atoms with Gasteiger partial charge in [-0.2, -0.15) is 4.68 Å². The lowest BCUT2D eigenvalue weighted by Gasteiger charge is -2.08. The molecule has 3 aromatic rings. The Kier molecular flexibility index (Phi) is 5.85. The van der Waals surface area contributed by atoms with E-state index >= 15 is 0 Å². The summed E-state index contributed by atoms with van der Waals surface area (Å²) in [4.78, 5) is 12.1. The van der Waals surface area contributed by atoms with E-state index in [0.29, 0.717) is 17.5 Å². The van der Waals surface area contributed by atoms with Crippen LogP contribution in [0.15, 0.2) is 53.7 Å². The first-order valence-electron chi connectivity index (χ1n) is 8.08. The zero-order chi connectivity index (χ0) is 18.4. The Morgan fingerprint density at radius 2 is 1.85 bits per heavy atom. The summed E-state index contributed by atoms with van der Waals surface area (Å²) in [6, 6.07) is 14.7. The molecule has 26 heavy (non-hydrogen) atoms. The molecule has 0 aliphatic heterocycles. The van der Waals surface area contributed by atoms with Crippen molar-refractivity contribution >= 4 is 17.7 Å². The minimum Gasteiger partial charge on any atom is -0.494 e. The van der Waals surface area contributed by atoms with E-state index in [0.717, 1.165) is 17.0 Å². The number of aromatic nitrogens is 4. The van der Waals surface area contributed by atoms with Gasteiger partial charge in [0.25, 0.3) is 0 Å². The van der Waals surface area contributed by atoms with Crippen LogP contribution in [0.2, 0.25) is 0 Å². The van der Waals surface area contributed by atoms with Crippen LogP contribution in [-0.2, 0) is 4.79 Å². The van der Waals surface area contributed by atoms with E-state index in [9.17, 15) is 4.79 Å². The van der Waals surface area contributed by atoms with Crippen LogP contribution >= 0.6 is 11.8 Å². The number of aryl methyl sites for hydroxylation is 1. The van der Waals surface area contributed by atoms with Gasteiger partial charge in [0.2, 0.25) is 5.16 Å². The summed E-state index contributed by atoms with van der Waals surface area (Å²) >= 11 is 1.22. The minimum absolute atomic E-state index is 0.0967. The average molecular weight is 370 g/mol. The molecule has 0 spiro atoms. The highest BCUT2D eigenvalue weighted by Crippen LogP contribution is 2.22. The number of benzene rings is 2. The summed E-state index contributed by atoms with van der Waals surface area (Å²) in [7, 11) is 0. The van der Waals surface area contributed by atoms with Crippen LogP contribution in [0.1, 0.15) is 12.5 Å². The maximum atomic E-state index is 12.1. The number of ether oxygens (including phenoxy) is 2. The third kappa shape index (κ3) is 4.40. The number of thioether (sulfide) groups is 1. The fraction of sp³-hybridized carbons (Fsp3) is 0.222. The Morgan fingerprint density at radius 1 is 1.12 bits per heavy atom. The van der Waals surface area contributed by atoms with Gasteiger partial charge in [0.05, 0.1) is 18.0 Å². The van der Waals surface area contributed by atoms with E-state index in [2.05, 4.69) is 15.5 Å². The number of hydrogen-bond acceptors (Lipinski definition) is 7. The van der Waals surface area contributed by atoms with Crippen LogP contribution in [0, 0.1) is 6.92 Å². The van der Waals surface area contributed by atoms with Crippen molar-refractivity contribution in [3.63, 3.8) is 0 Å². The van der Waals surface area contributed by atoms with E-state index in [4.69, 9.17) is 9.47 Å². The molecule has 0 amide bonds. The Balaban J connectivity index is 1.60. The van der Waals surface area contributed by atoms with Crippen LogP contribution in [0.5, 0.6) is 11.5 Å². The molecule has 3 rings (SSSR count). The molecule has 8 heteroatoms. The van der Waals surface area contributed by atoms with Gasteiger partial charge in [-0.05, 0) is 60.2 Å². The van der Waals surface area contributed by atoms with E-state index in [1.807, 2.05) is 38.1 Å². The van der Waals surface area contributed by atoms with Crippen molar-refractivity contribution in [3.8, 4) is 17.2 Å². The summed E-state index contributed by atoms with van der Waals surface area (Å²) in [5.74, 6) is 0.926. The number of carbonyl (C=O) groups excluding carboxylic acids is 1. The van der Waals surface area contributed by atoms with Crippen molar-refractivity contribution in [1.29, 1.82) is 0 Å². The quantitative estimate of drug-likeness (QED) is 0.359. The van der Waals surface area contributed by atoms with Gasteiger partial charge in [0, 0.05) is 0 Å². The fourth-order valence-corrected chi connectivity index (χ4v) is 2.93. The molecule has 0 atom stereocenters. The number of hydrogen-bond donors (Lipinski definition) is 0. The molecule has 1 aromatic heterocycles. The molecule has 0 fully saturated rings. The summed E-state index contributed by atoms with van der Waals surface area (Å²) in [5, 5.41) is 12.2. The highest BCUT2D eigenvalue weighted by atomic mass is 32.2. The van der Waals surface area contributed by atoms with E-state index in [1.165, 1.54) is 11.8 Å². The van der Waals surface area contributed by atoms with Crippen molar-refractivity contribution in [2.24, 2.45) is 0 Å². The molecule has 0 aliphatic carbocycles. The predicted molar refractivity (Wildman–Crippen MR) is 97.9 cm³/mol. The highest BCUT2D eigenvalue weighted by Gasteiger charge is 2.14. The van der Waals surface area contributed by atoms with Gasteiger partial charge < -0.3 is 9.47 Å².